The smallest absolute Gasteiger partial charge is 0.248 e. The van der Waals surface area contributed by atoms with Crippen molar-refractivity contribution in [3.63, 3.8) is 0 Å². The molecule has 0 spiro atoms. The first kappa shape index (κ1) is 19.8. The third kappa shape index (κ3) is 3.36. The van der Waals surface area contributed by atoms with Crippen LogP contribution in [0.3, 0.4) is 0 Å². The van der Waals surface area contributed by atoms with E-state index in [0.717, 1.165) is 6.07 Å². The van der Waals surface area contributed by atoms with Crippen molar-refractivity contribution >= 4 is 17.5 Å². The molecule has 2 bridgehead atoms. The van der Waals surface area contributed by atoms with Gasteiger partial charge in [-0.25, -0.2) is 17.6 Å². The summed E-state index contributed by atoms with van der Waals surface area (Å²) in [6.07, 6.45) is 0.830. The zero-order chi connectivity index (χ0) is 20.3. The predicted molar refractivity (Wildman–Crippen MR) is 95.6 cm³/mol. The van der Waals surface area contributed by atoms with Gasteiger partial charge >= 0.3 is 0 Å². The van der Waals surface area contributed by atoms with Gasteiger partial charge in [0.2, 0.25) is 11.8 Å². The van der Waals surface area contributed by atoms with Crippen LogP contribution in [-0.2, 0) is 4.79 Å². The van der Waals surface area contributed by atoms with Crippen LogP contribution >= 0.6 is 11.6 Å². The summed E-state index contributed by atoms with van der Waals surface area (Å²) in [6, 6.07) is 1.30. The van der Waals surface area contributed by atoms with E-state index in [2.05, 4.69) is 5.32 Å². The number of halogens is 5. The van der Waals surface area contributed by atoms with Crippen molar-refractivity contribution in [2.45, 2.75) is 69.0 Å². The number of carbonyl (C=O) groups excluding carboxylic acids is 1. The fraction of sp³-hybridized carbons (Fsp3) is 0.650. The quantitative estimate of drug-likeness (QED) is 0.637. The second-order valence-electron chi connectivity index (χ2n) is 8.76. The Kier molecular flexibility index (Phi) is 4.60. The predicted octanol–water partition coefficient (Wildman–Crippen LogP) is 5.45. The molecule has 3 aliphatic carbocycles. The third-order valence-corrected chi connectivity index (χ3v) is 7.11. The molecule has 0 unspecified atom stereocenters. The number of phenols is 1. The van der Waals surface area contributed by atoms with Crippen molar-refractivity contribution in [2.24, 2.45) is 11.3 Å². The van der Waals surface area contributed by atoms with E-state index in [-0.39, 0.29) is 35.6 Å². The molecule has 1 aromatic rings. The first-order valence-electron chi connectivity index (χ1n) is 9.58. The molecular formula is C20H22ClF4NO2. The van der Waals surface area contributed by atoms with Gasteiger partial charge in [-0.05, 0) is 50.0 Å². The summed E-state index contributed by atoms with van der Waals surface area (Å²) >= 11 is 5.88. The van der Waals surface area contributed by atoms with E-state index < -0.39 is 47.1 Å². The number of alkyl halides is 3. The Bertz CT molecular complexity index is 808. The van der Waals surface area contributed by atoms with Crippen LogP contribution in [0, 0.1) is 17.2 Å². The summed E-state index contributed by atoms with van der Waals surface area (Å²) in [5.74, 6) is -5.41. The topological polar surface area (TPSA) is 49.3 Å². The van der Waals surface area contributed by atoms with E-state index in [0.29, 0.717) is 25.7 Å². The lowest BCUT2D eigenvalue weighted by atomic mass is 9.74. The minimum atomic E-state index is -2.88. The zero-order valence-electron chi connectivity index (χ0n) is 15.2. The molecule has 3 fully saturated rings. The molecule has 28 heavy (non-hydrogen) atoms. The maximum atomic E-state index is 14.8. The summed E-state index contributed by atoms with van der Waals surface area (Å²) in [5.41, 5.74) is -2.08. The van der Waals surface area contributed by atoms with Crippen LogP contribution < -0.4 is 5.32 Å². The maximum absolute atomic E-state index is 14.8. The zero-order valence-corrected chi connectivity index (χ0v) is 16.0. The molecule has 0 saturated heterocycles. The molecule has 0 aromatic heterocycles. The van der Waals surface area contributed by atoms with Crippen molar-refractivity contribution in [1.82, 2.24) is 5.32 Å². The van der Waals surface area contributed by atoms with Gasteiger partial charge < -0.3 is 10.4 Å². The standard InChI is InChI=1S/C20H22ClF4NO2/c21-14-8-12(27)7-13(15(14)22)16(18-3-5-19(23,10-18)6-4-18)26-17(28)11-1-2-20(24,25)9-11/h7-8,11,16,27H,1-6,9-10H2,(H,26,28)/t11-,16+,18?,19?/m0/s1. The van der Waals surface area contributed by atoms with E-state index in [1.165, 1.54) is 6.07 Å². The molecule has 3 aliphatic rings. The Morgan fingerprint density at radius 2 is 1.86 bits per heavy atom. The minimum absolute atomic E-state index is 0.0192. The number of fused-ring (bicyclic) bond motifs is 2. The van der Waals surface area contributed by atoms with E-state index in [4.69, 9.17) is 11.6 Å². The largest absolute Gasteiger partial charge is 0.508 e. The number of aromatic hydroxyl groups is 1. The van der Waals surface area contributed by atoms with Crippen LogP contribution in [0.1, 0.15) is 63.0 Å². The van der Waals surface area contributed by atoms with E-state index in [1.54, 1.807) is 0 Å². The van der Waals surface area contributed by atoms with E-state index in [1.807, 2.05) is 0 Å². The van der Waals surface area contributed by atoms with Crippen LogP contribution in [0.2, 0.25) is 5.02 Å². The van der Waals surface area contributed by atoms with Gasteiger partial charge in [-0.1, -0.05) is 11.6 Å². The van der Waals surface area contributed by atoms with Crippen LogP contribution in [-0.4, -0.2) is 22.6 Å². The minimum Gasteiger partial charge on any atom is -0.508 e. The highest BCUT2D eigenvalue weighted by molar-refractivity contribution is 6.31. The van der Waals surface area contributed by atoms with E-state index >= 15 is 0 Å². The van der Waals surface area contributed by atoms with Crippen LogP contribution in [0.15, 0.2) is 12.1 Å². The van der Waals surface area contributed by atoms with Crippen LogP contribution in [0.5, 0.6) is 5.75 Å². The van der Waals surface area contributed by atoms with Gasteiger partial charge in [0.1, 0.15) is 17.2 Å². The molecule has 2 N–H and O–H groups in total. The fourth-order valence-electron chi connectivity index (χ4n) is 5.37. The van der Waals surface area contributed by atoms with Crippen molar-refractivity contribution in [1.29, 1.82) is 0 Å². The molecular weight excluding hydrogens is 398 g/mol. The summed E-state index contributed by atoms with van der Waals surface area (Å²) < 4.78 is 56.8. The van der Waals surface area contributed by atoms with Gasteiger partial charge in [0.25, 0.3) is 0 Å². The molecule has 0 radical (unpaired) electrons. The Hall–Kier alpha value is -1.50. The van der Waals surface area contributed by atoms with Gasteiger partial charge in [0.05, 0.1) is 11.1 Å². The second kappa shape index (κ2) is 6.51. The van der Waals surface area contributed by atoms with Crippen molar-refractivity contribution < 1.29 is 27.5 Å². The van der Waals surface area contributed by atoms with Crippen molar-refractivity contribution in [3.05, 3.63) is 28.5 Å². The first-order chi connectivity index (χ1) is 13.0. The Balaban J connectivity index is 1.68. The molecule has 0 heterocycles. The molecule has 8 heteroatoms. The number of benzene rings is 1. The molecule has 1 aromatic carbocycles. The van der Waals surface area contributed by atoms with Crippen LogP contribution in [0.4, 0.5) is 17.6 Å². The lowest BCUT2D eigenvalue weighted by Gasteiger charge is -2.37. The number of nitrogens with one attached hydrogen (secondary N) is 1. The Morgan fingerprint density at radius 1 is 1.18 bits per heavy atom. The molecule has 154 valence electrons. The van der Waals surface area contributed by atoms with E-state index in [9.17, 15) is 27.5 Å². The number of phenolic OH excluding ortho intramolecular Hbond substituents is 1. The van der Waals surface area contributed by atoms with Crippen molar-refractivity contribution in [3.8, 4) is 5.75 Å². The fourth-order valence-corrected chi connectivity index (χ4v) is 5.59. The summed E-state index contributed by atoms with van der Waals surface area (Å²) in [5, 5.41) is 12.3. The number of rotatable bonds is 4. The lowest BCUT2D eigenvalue weighted by Crippen LogP contribution is -2.42. The number of carbonyl (C=O) groups is 1. The van der Waals surface area contributed by atoms with Gasteiger partial charge in [-0.15, -0.1) is 0 Å². The molecule has 4 rings (SSSR count). The second-order valence-corrected chi connectivity index (χ2v) is 9.17. The number of hydrogen-bond acceptors (Lipinski definition) is 2. The molecule has 1 amide bonds. The molecule has 3 saturated carbocycles. The summed E-state index contributed by atoms with van der Waals surface area (Å²) in [7, 11) is 0. The Morgan fingerprint density at radius 3 is 2.39 bits per heavy atom. The summed E-state index contributed by atoms with van der Waals surface area (Å²) in [4.78, 5) is 12.8. The van der Waals surface area contributed by atoms with Gasteiger partial charge in [0.15, 0.2) is 0 Å². The van der Waals surface area contributed by atoms with Crippen molar-refractivity contribution in [2.75, 3.05) is 0 Å². The van der Waals surface area contributed by atoms with Crippen LogP contribution in [0.25, 0.3) is 0 Å². The van der Waals surface area contributed by atoms with Gasteiger partial charge in [-0.2, -0.15) is 0 Å². The van der Waals surface area contributed by atoms with Gasteiger partial charge in [0, 0.05) is 30.4 Å². The average Bonchev–Trinajstić information content (AvgIpc) is 3.26. The highest BCUT2D eigenvalue weighted by Crippen LogP contribution is 2.63. The average molecular weight is 420 g/mol. The normalized spacial score (nSPS) is 34.5. The molecule has 0 aliphatic heterocycles. The molecule has 2 atom stereocenters. The lowest BCUT2D eigenvalue weighted by molar-refractivity contribution is -0.127. The first-order valence-corrected chi connectivity index (χ1v) is 9.95. The highest BCUT2D eigenvalue weighted by atomic mass is 35.5. The maximum Gasteiger partial charge on any atom is 0.248 e. The third-order valence-electron chi connectivity index (χ3n) is 6.84. The molecule has 3 nitrogen and oxygen atoms in total. The monoisotopic (exact) mass is 419 g/mol. The SMILES string of the molecule is O=C(N[C@H](c1cc(O)cc(Cl)c1F)C12CCC(F)(CC1)C2)[C@H]1CCC(F)(F)C1. The number of hydrogen-bond donors (Lipinski definition) is 2. The highest BCUT2D eigenvalue weighted by Gasteiger charge is 2.59. The summed E-state index contributed by atoms with van der Waals surface area (Å²) in [6.45, 7) is 0. The number of amides is 1. The van der Waals surface area contributed by atoms with Gasteiger partial charge in [-0.3, -0.25) is 4.79 Å². The Labute approximate surface area is 165 Å².